The molecule has 0 spiro atoms. The molecule has 1 nitrogen and oxygen atoms in total. The van der Waals surface area contributed by atoms with E-state index in [9.17, 15) is 5.11 Å². The number of benzene rings is 1. The fourth-order valence-corrected chi connectivity index (χ4v) is 3.47. The van der Waals surface area contributed by atoms with Gasteiger partial charge in [-0.3, -0.25) is 0 Å². The van der Waals surface area contributed by atoms with Gasteiger partial charge in [0.2, 0.25) is 0 Å². The second-order valence-electron chi connectivity index (χ2n) is 9.00. The molecule has 0 radical (unpaired) electrons. The zero-order valence-electron chi connectivity index (χ0n) is 15.2. The summed E-state index contributed by atoms with van der Waals surface area (Å²) in [6, 6.07) is 6.88. The summed E-state index contributed by atoms with van der Waals surface area (Å²) in [6.07, 6.45) is 5.89. The number of aliphatic hydroxyl groups is 1. The van der Waals surface area contributed by atoms with Gasteiger partial charge in [0, 0.05) is 32.6 Å². The second kappa shape index (κ2) is 5.81. The van der Waals surface area contributed by atoms with Crippen LogP contribution in [-0.2, 0) is 38.0 Å². The Morgan fingerprint density at radius 1 is 1.04 bits per heavy atom. The summed E-state index contributed by atoms with van der Waals surface area (Å²) < 4.78 is 0. The van der Waals surface area contributed by atoms with Gasteiger partial charge in [-0.1, -0.05) is 77.5 Å². The molecular weight excluding hydrogens is 359 g/mol. The van der Waals surface area contributed by atoms with E-state index in [4.69, 9.17) is 0 Å². The standard InChI is InChI=1S/C21H28O.Zr/c1-19(2,3)16-7-8-17-14(12-16)11-15-13-21(22,20(4,5)6)10-9-18(15)17;/h7-10,12,22H,11,13H2,1-6H3;. The smallest absolute Gasteiger partial charge is 0.0916 e. The third kappa shape index (κ3) is 3.22. The number of hydrogen-bond acceptors (Lipinski definition) is 1. The van der Waals surface area contributed by atoms with Crippen molar-refractivity contribution in [1.29, 1.82) is 0 Å². The Hall–Kier alpha value is -0.457. The van der Waals surface area contributed by atoms with E-state index in [-0.39, 0.29) is 37.0 Å². The predicted octanol–water partition coefficient (Wildman–Crippen LogP) is 5.03. The maximum Gasteiger partial charge on any atom is 0.0916 e. The fraction of sp³-hybridized carbons (Fsp3) is 0.524. The average Bonchev–Trinajstić information content (AvgIpc) is 2.72. The van der Waals surface area contributed by atoms with E-state index in [1.54, 1.807) is 0 Å². The van der Waals surface area contributed by atoms with Crippen molar-refractivity contribution in [1.82, 2.24) is 0 Å². The molecule has 0 amide bonds. The van der Waals surface area contributed by atoms with Gasteiger partial charge in [-0.05, 0) is 39.5 Å². The Morgan fingerprint density at radius 3 is 2.26 bits per heavy atom. The maximum atomic E-state index is 11.0. The van der Waals surface area contributed by atoms with E-state index in [2.05, 4.69) is 65.8 Å². The van der Waals surface area contributed by atoms with Gasteiger partial charge in [0.1, 0.15) is 0 Å². The summed E-state index contributed by atoms with van der Waals surface area (Å²) in [5.41, 5.74) is 6.19. The maximum absolute atomic E-state index is 11.0. The van der Waals surface area contributed by atoms with E-state index < -0.39 is 5.60 Å². The van der Waals surface area contributed by atoms with Crippen LogP contribution in [0, 0.1) is 5.41 Å². The molecule has 1 unspecified atom stereocenters. The third-order valence-electron chi connectivity index (χ3n) is 5.35. The number of fused-ring (bicyclic) bond motifs is 2. The number of rotatable bonds is 0. The van der Waals surface area contributed by atoms with E-state index >= 15 is 0 Å². The van der Waals surface area contributed by atoms with Crippen molar-refractivity contribution in [3.8, 4) is 0 Å². The van der Waals surface area contributed by atoms with Crippen molar-refractivity contribution in [2.24, 2.45) is 5.41 Å². The minimum Gasteiger partial charge on any atom is -0.385 e. The Bertz CT molecular complexity index is 683. The zero-order valence-corrected chi connectivity index (χ0v) is 17.7. The van der Waals surface area contributed by atoms with Gasteiger partial charge < -0.3 is 5.11 Å². The minimum absolute atomic E-state index is 0. The van der Waals surface area contributed by atoms with Gasteiger partial charge in [0.25, 0.3) is 0 Å². The molecule has 0 heterocycles. The van der Waals surface area contributed by atoms with E-state index in [0.29, 0.717) is 0 Å². The van der Waals surface area contributed by atoms with Crippen LogP contribution in [0.25, 0.3) is 5.57 Å². The minimum atomic E-state index is -0.735. The Labute approximate surface area is 160 Å². The summed E-state index contributed by atoms with van der Waals surface area (Å²) in [5, 5.41) is 11.0. The monoisotopic (exact) mass is 386 g/mol. The Balaban J connectivity index is 0.00000192. The molecule has 1 aromatic rings. The van der Waals surface area contributed by atoms with E-state index in [0.717, 1.165) is 12.8 Å². The Morgan fingerprint density at radius 2 is 1.70 bits per heavy atom. The van der Waals surface area contributed by atoms with Gasteiger partial charge in [0.05, 0.1) is 5.60 Å². The van der Waals surface area contributed by atoms with Crippen LogP contribution in [0.2, 0.25) is 0 Å². The fourth-order valence-electron chi connectivity index (χ4n) is 3.47. The molecule has 0 aliphatic heterocycles. The summed E-state index contributed by atoms with van der Waals surface area (Å²) in [5.74, 6) is 0. The molecule has 1 atom stereocenters. The first kappa shape index (κ1) is 18.9. The first-order chi connectivity index (χ1) is 10.0. The molecule has 2 aliphatic rings. The largest absolute Gasteiger partial charge is 0.385 e. The summed E-state index contributed by atoms with van der Waals surface area (Å²) in [4.78, 5) is 0. The first-order valence-electron chi connectivity index (χ1n) is 8.29. The summed E-state index contributed by atoms with van der Waals surface area (Å²) in [6.45, 7) is 13.1. The molecule has 0 saturated heterocycles. The van der Waals surface area contributed by atoms with Crippen LogP contribution in [0.3, 0.4) is 0 Å². The summed E-state index contributed by atoms with van der Waals surface area (Å²) >= 11 is 0. The van der Waals surface area contributed by atoms with Crippen LogP contribution in [0.4, 0.5) is 0 Å². The molecule has 1 N–H and O–H groups in total. The Kier molecular flexibility index (Phi) is 4.77. The zero-order chi connectivity index (χ0) is 16.3. The van der Waals surface area contributed by atoms with E-state index in [1.165, 1.54) is 27.8 Å². The predicted molar refractivity (Wildman–Crippen MR) is 93.9 cm³/mol. The van der Waals surface area contributed by atoms with Crippen LogP contribution in [0.1, 0.15) is 64.7 Å². The average molecular weight is 388 g/mol. The van der Waals surface area contributed by atoms with Crippen molar-refractivity contribution in [2.75, 3.05) is 0 Å². The van der Waals surface area contributed by atoms with Gasteiger partial charge in [-0.2, -0.15) is 0 Å². The number of hydrogen-bond donors (Lipinski definition) is 1. The second-order valence-corrected chi connectivity index (χ2v) is 9.00. The van der Waals surface area contributed by atoms with Crippen molar-refractivity contribution < 1.29 is 31.3 Å². The normalized spacial score (nSPS) is 23.4. The molecule has 23 heavy (non-hydrogen) atoms. The molecule has 2 aliphatic carbocycles. The van der Waals surface area contributed by atoms with Crippen LogP contribution < -0.4 is 0 Å². The molecule has 1 aromatic carbocycles. The van der Waals surface area contributed by atoms with E-state index in [1.807, 2.05) is 6.08 Å². The molecule has 0 aromatic heterocycles. The van der Waals surface area contributed by atoms with Crippen molar-refractivity contribution in [3.63, 3.8) is 0 Å². The van der Waals surface area contributed by atoms with Crippen LogP contribution in [-0.4, -0.2) is 10.7 Å². The van der Waals surface area contributed by atoms with Crippen LogP contribution >= 0.6 is 0 Å². The van der Waals surface area contributed by atoms with Gasteiger partial charge >= 0.3 is 0 Å². The molecule has 2 heteroatoms. The van der Waals surface area contributed by atoms with Crippen molar-refractivity contribution >= 4 is 5.57 Å². The SMILES string of the molecule is CC(C)(C)c1ccc2c(c1)CC1=C2C=CC(O)(C(C)(C)C)C1.[Zr]. The topological polar surface area (TPSA) is 20.2 Å². The molecule has 0 fully saturated rings. The molecule has 0 bridgehead atoms. The summed E-state index contributed by atoms with van der Waals surface area (Å²) in [7, 11) is 0. The van der Waals surface area contributed by atoms with Crippen LogP contribution in [0.5, 0.6) is 0 Å². The molecule has 3 rings (SSSR count). The molecule has 122 valence electrons. The quantitative estimate of drug-likeness (QED) is 0.662. The first-order valence-corrected chi connectivity index (χ1v) is 8.29. The third-order valence-corrected chi connectivity index (χ3v) is 5.35. The van der Waals surface area contributed by atoms with Gasteiger partial charge in [0.15, 0.2) is 0 Å². The van der Waals surface area contributed by atoms with Gasteiger partial charge in [-0.15, -0.1) is 0 Å². The molecule has 0 saturated carbocycles. The van der Waals surface area contributed by atoms with Crippen molar-refractivity contribution in [3.05, 3.63) is 52.6 Å². The number of allylic oxidation sites excluding steroid dienone is 2. The van der Waals surface area contributed by atoms with Crippen LogP contribution in [0.15, 0.2) is 35.9 Å². The van der Waals surface area contributed by atoms with Crippen molar-refractivity contribution in [2.45, 2.75) is 65.4 Å². The molecular formula is C21H28OZr. The van der Waals surface area contributed by atoms with Gasteiger partial charge in [-0.25, -0.2) is 0 Å².